The van der Waals surface area contributed by atoms with Crippen molar-refractivity contribution in [1.29, 1.82) is 0 Å². The van der Waals surface area contributed by atoms with Crippen LogP contribution in [0.2, 0.25) is 0 Å². The van der Waals surface area contributed by atoms with Crippen molar-refractivity contribution in [1.82, 2.24) is 19.5 Å². The number of nitrogens with zero attached hydrogens (tertiary/aromatic N) is 3. The molecule has 26 heavy (non-hydrogen) atoms. The minimum Gasteiger partial charge on any atom is -0.445 e. The molecule has 3 heterocycles. The Balaban J connectivity index is 1.55. The lowest BCUT2D eigenvalue weighted by Gasteiger charge is -2.34. The Kier molecular flexibility index (Phi) is 4.43. The molecule has 134 valence electrons. The molecule has 3 aromatic rings. The molecule has 0 radical (unpaired) electrons. The summed E-state index contributed by atoms with van der Waals surface area (Å²) in [6.45, 7) is 0.836. The fourth-order valence-corrected chi connectivity index (χ4v) is 3.38. The predicted molar refractivity (Wildman–Crippen MR) is 95.7 cm³/mol. The highest BCUT2D eigenvalue weighted by Crippen LogP contribution is 2.30. The van der Waals surface area contributed by atoms with Crippen molar-refractivity contribution in [3.63, 3.8) is 0 Å². The Labute approximate surface area is 150 Å². The van der Waals surface area contributed by atoms with E-state index in [0.29, 0.717) is 17.9 Å². The van der Waals surface area contributed by atoms with Crippen molar-refractivity contribution >= 4 is 11.7 Å². The predicted octanol–water partition coefficient (Wildman–Crippen LogP) is 2.89. The first kappa shape index (κ1) is 16.4. The molecule has 7 nitrogen and oxygen atoms in total. The Hall–Kier alpha value is -3.09. The van der Waals surface area contributed by atoms with Crippen LogP contribution >= 0.6 is 0 Å². The summed E-state index contributed by atoms with van der Waals surface area (Å²) in [4.78, 5) is 31.1. The van der Waals surface area contributed by atoms with Crippen LogP contribution in [-0.2, 0) is 11.3 Å². The first-order chi connectivity index (χ1) is 12.7. The highest BCUT2D eigenvalue weighted by atomic mass is 16.6. The number of H-pyrrole nitrogens is 1. The zero-order valence-corrected chi connectivity index (χ0v) is 14.3. The molecule has 1 aliphatic heterocycles. The minimum absolute atomic E-state index is 0.182. The lowest BCUT2D eigenvalue weighted by molar-refractivity contribution is 0.0669. The number of amides is 1. The third-order valence-electron chi connectivity index (χ3n) is 4.68. The average molecular weight is 352 g/mol. The quantitative estimate of drug-likeness (QED) is 0.786. The van der Waals surface area contributed by atoms with Crippen LogP contribution in [0.4, 0.5) is 4.79 Å². The molecule has 1 fully saturated rings. The monoisotopic (exact) mass is 352 g/mol. The number of carbonyl (C=O) groups excluding carboxylic acids is 1. The number of likely N-dealkylation sites (tertiary alicyclic amines) is 1. The molecule has 0 spiro atoms. The Bertz CT molecular complexity index is 964. The van der Waals surface area contributed by atoms with Crippen LogP contribution in [0.25, 0.3) is 5.65 Å². The standard InChI is InChI=1S/C19H20N4O3/c24-18-12-15(21-17-9-10-20-23(17)18)16-8-4-5-11-22(16)19(25)26-13-14-6-2-1-3-7-14/h1-3,6-7,9-10,12,16,20H,4-5,8,11,13H2. The van der Waals surface area contributed by atoms with Crippen molar-refractivity contribution in [3.05, 3.63) is 70.3 Å². The van der Waals surface area contributed by atoms with Gasteiger partial charge in [-0.15, -0.1) is 0 Å². The lowest BCUT2D eigenvalue weighted by Crippen LogP contribution is -2.39. The third-order valence-corrected chi connectivity index (χ3v) is 4.68. The smallest absolute Gasteiger partial charge is 0.410 e. The number of carbonyl (C=O) groups is 1. The van der Waals surface area contributed by atoms with E-state index < -0.39 is 0 Å². The van der Waals surface area contributed by atoms with Crippen LogP contribution in [-0.4, -0.2) is 32.1 Å². The fraction of sp³-hybridized carbons (Fsp3) is 0.316. The van der Waals surface area contributed by atoms with Gasteiger partial charge < -0.3 is 4.74 Å². The first-order valence-electron chi connectivity index (χ1n) is 8.77. The van der Waals surface area contributed by atoms with Crippen molar-refractivity contribution < 1.29 is 9.53 Å². The molecule has 1 saturated heterocycles. The topological polar surface area (TPSA) is 79.7 Å². The van der Waals surface area contributed by atoms with E-state index in [4.69, 9.17) is 4.74 Å². The van der Waals surface area contributed by atoms with E-state index in [0.717, 1.165) is 24.8 Å². The van der Waals surface area contributed by atoms with Crippen LogP contribution in [0.3, 0.4) is 0 Å². The van der Waals surface area contributed by atoms with Gasteiger partial charge in [-0.05, 0) is 24.8 Å². The molecular formula is C19H20N4O3. The molecule has 0 saturated carbocycles. The highest BCUT2D eigenvalue weighted by molar-refractivity contribution is 5.68. The number of rotatable bonds is 3. The van der Waals surface area contributed by atoms with Crippen molar-refractivity contribution in [3.8, 4) is 0 Å². The second-order valence-corrected chi connectivity index (χ2v) is 6.42. The van der Waals surface area contributed by atoms with Crippen LogP contribution in [0.15, 0.2) is 53.5 Å². The highest BCUT2D eigenvalue weighted by Gasteiger charge is 2.30. The van der Waals surface area contributed by atoms with Crippen molar-refractivity contribution in [2.45, 2.75) is 31.9 Å². The molecule has 1 aliphatic rings. The van der Waals surface area contributed by atoms with Gasteiger partial charge in [0.1, 0.15) is 6.61 Å². The molecular weight excluding hydrogens is 332 g/mol. The maximum absolute atomic E-state index is 12.6. The SMILES string of the molecule is O=C(OCc1ccccc1)N1CCCCC1c1cc(=O)n2[nH]ccc2n1. The minimum atomic E-state index is -0.366. The summed E-state index contributed by atoms with van der Waals surface area (Å²) in [6, 6.07) is 12.6. The Morgan fingerprint density at radius 2 is 2.08 bits per heavy atom. The Morgan fingerprint density at radius 1 is 1.23 bits per heavy atom. The molecule has 1 aromatic carbocycles. The number of hydrogen-bond acceptors (Lipinski definition) is 4. The third kappa shape index (κ3) is 3.20. The van der Waals surface area contributed by atoms with E-state index in [-0.39, 0.29) is 24.3 Å². The van der Waals surface area contributed by atoms with E-state index >= 15 is 0 Å². The molecule has 2 aromatic heterocycles. The summed E-state index contributed by atoms with van der Waals surface area (Å²) >= 11 is 0. The summed E-state index contributed by atoms with van der Waals surface area (Å²) < 4.78 is 6.87. The van der Waals surface area contributed by atoms with Crippen molar-refractivity contribution in [2.75, 3.05) is 6.54 Å². The summed E-state index contributed by atoms with van der Waals surface area (Å²) in [6.07, 6.45) is 3.98. The molecule has 0 bridgehead atoms. The number of aromatic nitrogens is 3. The molecule has 1 amide bonds. The van der Waals surface area contributed by atoms with Crippen LogP contribution in [0, 0.1) is 0 Å². The molecule has 1 atom stereocenters. The van der Waals surface area contributed by atoms with Gasteiger partial charge in [0.05, 0.1) is 11.7 Å². The van der Waals surface area contributed by atoms with Gasteiger partial charge in [0, 0.05) is 24.9 Å². The Morgan fingerprint density at radius 3 is 2.92 bits per heavy atom. The molecule has 0 aliphatic carbocycles. The maximum Gasteiger partial charge on any atom is 0.410 e. The maximum atomic E-state index is 12.6. The normalized spacial score (nSPS) is 17.4. The summed E-state index contributed by atoms with van der Waals surface area (Å²) in [5.41, 5.74) is 1.93. The van der Waals surface area contributed by atoms with Gasteiger partial charge in [-0.1, -0.05) is 30.3 Å². The molecule has 1 N–H and O–H groups in total. The van der Waals surface area contributed by atoms with E-state index in [9.17, 15) is 9.59 Å². The van der Waals surface area contributed by atoms with Gasteiger partial charge in [-0.3, -0.25) is 14.8 Å². The van der Waals surface area contributed by atoms with Gasteiger partial charge in [-0.25, -0.2) is 14.3 Å². The number of aromatic amines is 1. The van der Waals surface area contributed by atoms with Crippen LogP contribution < -0.4 is 5.56 Å². The molecule has 4 rings (SSSR count). The van der Waals surface area contributed by atoms with E-state index in [1.165, 1.54) is 10.6 Å². The van der Waals surface area contributed by atoms with Crippen molar-refractivity contribution in [2.24, 2.45) is 0 Å². The number of piperidine rings is 1. The zero-order chi connectivity index (χ0) is 17.9. The van der Waals surface area contributed by atoms with Gasteiger partial charge in [0.25, 0.3) is 5.56 Å². The zero-order valence-electron chi connectivity index (χ0n) is 14.3. The first-order valence-corrected chi connectivity index (χ1v) is 8.77. The largest absolute Gasteiger partial charge is 0.445 e. The van der Waals surface area contributed by atoms with Gasteiger partial charge in [0.15, 0.2) is 5.65 Å². The second kappa shape index (κ2) is 7.03. The lowest BCUT2D eigenvalue weighted by atomic mass is 9.99. The number of fused-ring (bicyclic) bond motifs is 1. The van der Waals surface area contributed by atoms with E-state index in [1.54, 1.807) is 17.2 Å². The van der Waals surface area contributed by atoms with Crippen LogP contribution in [0.5, 0.6) is 0 Å². The number of ether oxygens (including phenoxy) is 1. The van der Waals surface area contributed by atoms with Gasteiger partial charge in [-0.2, -0.15) is 0 Å². The molecule has 7 heteroatoms. The number of benzene rings is 1. The fourth-order valence-electron chi connectivity index (χ4n) is 3.38. The van der Waals surface area contributed by atoms with Gasteiger partial charge in [0.2, 0.25) is 0 Å². The van der Waals surface area contributed by atoms with E-state index in [1.807, 2.05) is 30.3 Å². The average Bonchev–Trinajstić information content (AvgIpc) is 3.16. The second-order valence-electron chi connectivity index (χ2n) is 6.42. The van der Waals surface area contributed by atoms with Crippen LogP contribution in [0.1, 0.15) is 36.6 Å². The van der Waals surface area contributed by atoms with E-state index in [2.05, 4.69) is 10.1 Å². The number of hydrogen-bond donors (Lipinski definition) is 1. The summed E-state index contributed by atoms with van der Waals surface area (Å²) in [5.74, 6) is 0. The summed E-state index contributed by atoms with van der Waals surface area (Å²) in [5, 5.41) is 2.83. The summed E-state index contributed by atoms with van der Waals surface area (Å²) in [7, 11) is 0. The molecule has 1 unspecified atom stereocenters. The number of nitrogens with one attached hydrogen (secondary N) is 1. The van der Waals surface area contributed by atoms with Gasteiger partial charge >= 0.3 is 6.09 Å².